The molecule has 0 spiro atoms. The third-order valence-corrected chi connectivity index (χ3v) is 6.91. The number of carbonyl (C=O) groups excluding carboxylic acids is 2. The van der Waals surface area contributed by atoms with Crippen molar-refractivity contribution in [2.24, 2.45) is 0 Å². The fourth-order valence-electron chi connectivity index (χ4n) is 4.67. The van der Waals surface area contributed by atoms with Crippen molar-refractivity contribution < 1.29 is 14.2 Å². The summed E-state index contributed by atoms with van der Waals surface area (Å²) in [6, 6.07) is 28.1. The lowest BCUT2D eigenvalue weighted by Crippen LogP contribution is -2.20. The zero-order chi connectivity index (χ0) is 23.8. The number of hydrogen-bond donors (Lipinski definition) is 0. The van der Waals surface area contributed by atoms with Gasteiger partial charge < -0.3 is 0 Å². The van der Waals surface area contributed by atoms with Crippen LogP contribution >= 0.6 is 8.46 Å². The summed E-state index contributed by atoms with van der Waals surface area (Å²) in [5.74, 6) is -0.546. The highest BCUT2D eigenvalue weighted by Crippen LogP contribution is 2.30. The molecule has 0 saturated heterocycles. The van der Waals surface area contributed by atoms with Gasteiger partial charge in [-0.3, -0.25) is 14.2 Å². The van der Waals surface area contributed by atoms with Gasteiger partial charge in [0.1, 0.15) is 0 Å². The molecule has 0 aliphatic rings. The van der Waals surface area contributed by atoms with E-state index in [1.54, 1.807) is 18.2 Å². The first-order valence-electron chi connectivity index (χ1n) is 11.0. The molecule has 0 amide bonds. The smallest absolute Gasteiger partial charge is 0.195 e. The van der Waals surface area contributed by atoms with Crippen LogP contribution in [0.25, 0.3) is 21.5 Å². The van der Waals surface area contributed by atoms with E-state index in [1.807, 2.05) is 86.6 Å². The molecular formula is C30H21O3P. The van der Waals surface area contributed by atoms with Crippen LogP contribution in [-0.4, -0.2) is 11.6 Å². The van der Waals surface area contributed by atoms with Gasteiger partial charge in [0.05, 0.1) is 5.30 Å². The zero-order valence-corrected chi connectivity index (χ0v) is 19.7. The molecule has 0 aromatic heterocycles. The van der Waals surface area contributed by atoms with Crippen molar-refractivity contribution in [3.8, 4) is 0 Å². The molecule has 0 atom stereocenters. The van der Waals surface area contributed by atoms with Gasteiger partial charge >= 0.3 is 0 Å². The molecule has 0 radical (unpaired) electrons. The maximum absolute atomic E-state index is 14.1. The molecule has 5 aromatic carbocycles. The normalized spacial score (nSPS) is 11.2. The number of hydrogen-bond acceptors (Lipinski definition) is 3. The Morgan fingerprint density at radius 2 is 1.09 bits per heavy atom. The average Bonchev–Trinajstić information content (AvgIpc) is 2.87. The average molecular weight is 460 g/mol. The van der Waals surface area contributed by atoms with E-state index in [-0.39, 0.29) is 31.2 Å². The lowest BCUT2D eigenvalue weighted by atomic mass is 9.87. The maximum Gasteiger partial charge on any atom is 0.195 e. The van der Waals surface area contributed by atoms with E-state index in [2.05, 4.69) is 0 Å². The molecule has 5 rings (SSSR count). The van der Waals surface area contributed by atoms with Gasteiger partial charge in [-0.2, -0.15) is 0 Å². The summed E-state index contributed by atoms with van der Waals surface area (Å²) in [4.78, 5) is 28.1. The first kappa shape index (κ1) is 21.9. The third kappa shape index (κ3) is 3.55. The van der Waals surface area contributed by atoms with Crippen molar-refractivity contribution in [3.05, 3.63) is 124 Å². The molecule has 5 aromatic rings. The Labute approximate surface area is 199 Å². The van der Waals surface area contributed by atoms with Gasteiger partial charge in [-0.25, -0.2) is 0 Å². The minimum Gasteiger partial charge on any atom is -0.289 e. The second-order valence-corrected chi connectivity index (χ2v) is 9.07. The maximum atomic E-state index is 14.1. The summed E-state index contributed by atoms with van der Waals surface area (Å²) < 4.78 is 12.1. The number of carbonyl (C=O) groups is 2. The van der Waals surface area contributed by atoms with Crippen molar-refractivity contribution in [1.82, 2.24) is 0 Å². The van der Waals surface area contributed by atoms with Gasteiger partial charge in [0.15, 0.2) is 20.0 Å². The minimum atomic E-state index is -0.308. The number of ketones is 2. The highest BCUT2D eigenvalue weighted by molar-refractivity contribution is 7.34. The predicted octanol–water partition coefficient (Wildman–Crippen LogP) is 6.99. The molecule has 0 N–H and O–H groups in total. The van der Waals surface area contributed by atoms with Crippen molar-refractivity contribution in [2.45, 2.75) is 13.8 Å². The second kappa shape index (κ2) is 8.78. The molecule has 0 aliphatic heterocycles. The number of fused-ring (bicyclic) bond motifs is 2. The quantitative estimate of drug-likeness (QED) is 0.210. The first-order chi connectivity index (χ1) is 16.5. The molecule has 0 heterocycles. The van der Waals surface area contributed by atoms with Gasteiger partial charge in [-0.15, -0.1) is 0 Å². The van der Waals surface area contributed by atoms with Crippen LogP contribution in [-0.2, 0) is 4.57 Å². The van der Waals surface area contributed by atoms with Crippen LogP contribution in [0.1, 0.15) is 43.0 Å². The Morgan fingerprint density at radius 1 is 0.559 bits per heavy atom. The van der Waals surface area contributed by atoms with Crippen LogP contribution in [0.4, 0.5) is 0 Å². The summed E-state index contributed by atoms with van der Waals surface area (Å²) in [5, 5.41) is 3.83. The minimum absolute atomic E-state index is 0.191. The largest absolute Gasteiger partial charge is 0.289 e. The summed E-state index contributed by atoms with van der Waals surface area (Å²) in [6.45, 7) is 3.78. The van der Waals surface area contributed by atoms with E-state index >= 15 is 0 Å². The fourth-order valence-corrected chi connectivity index (χ4v) is 5.13. The standard InChI is InChI=1S/C30H21O3P/c1-18-14-16-20-8-3-5-10-22(20)26(18)29(31)24-12-7-13-25(34-33)28(24)30(32)27-19(2)15-17-21-9-4-6-11-23(21)27/h3-17H,1-2H3. The second-order valence-electron chi connectivity index (χ2n) is 8.41. The van der Waals surface area contributed by atoms with Crippen LogP contribution in [0.5, 0.6) is 0 Å². The van der Waals surface area contributed by atoms with Gasteiger partial charge in [0.25, 0.3) is 0 Å². The van der Waals surface area contributed by atoms with Crippen molar-refractivity contribution in [1.29, 1.82) is 0 Å². The predicted molar refractivity (Wildman–Crippen MR) is 138 cm³/mol. The van der Waals surface area contributed by atoms with Crippen LogP contribution in [0.2, 0.25) is 0 Å². The summed E-state index contributed by atoms with van der Waals surface area (Å²) in [5.41, 5.74) is 3.17. The Hall–Kier alpha value is -3.94. The number of aryl methyl sites for hydroxylation is 2. The van der Waals surface area contributed by atoms with Crippen LogP contribution < -0.4 is 5.30 Å². The summed E-state index contributed by atoms with van der Waals surface area (Å²) in [6.07, 6.45) is 0. The molecule has 4 heteroatoms. The van der Waals surface area contributed by atoms with Gasteiger partial charge in [-0.05, 0) is 52.6 Å². The Bertz CT molecular complexity index is 1630. The van der Waals surface area contributed by atoms with E-state index in [0.29, 0.717) is 16.4 Å². The highest BCUT2D eigenvalue weighted by atomic mass is 31.1. The van der Waals surface area contributed by atoms with Gasteiger partial charge in [-0.1, -0.05) is 84.9 Å². The topological polar surface area (TPSA) is 51.2 Å². The van der Waals surface area contributed by atoms with Gasteiger partial charge in [0, 0.05) is 22.3 Å². The Morgan fingerprint density at radius 3 is 1.65 bits per heavy atom. The van der Waals surface area contributed by atoms with E-state index in [9.17, 15) is 14.2 Å². The van der Waals surface area contributed by atoms with E-state index < -0.39 is 0 Å². The molecule has 0 unspecified atom stereocenters. The molecular weight excluding hydrogens is 439 g/mol. The zero-order valence-electron chi connectivity index (χ0n) is 18.8. The van der Waals surface area contributed by atoms with Crippen molar-refractivity contribution in [3.63, 3.8) is 0 Å². The van der Waals surface area contributed by atoms with Crippen molar-refractivity contribution in [2.75, 3.05) is 0 Å². The third-order valence-electron chi connectivity index (χ3n) is 6.34. The number of rotatable bonds is 5. The summed E-state index contributed by atoms with van der Waals surface area (Å²) >= 11 is 0. The number of benzene rings is 5. The van der Waals surface area contributed by atoms with Crippen LogP contribution in [0, 0.1) is 13.8 Å². The fraction of sp³-hybridized carbons (Fsp3) is 0.0667. The molecule has 3 nitrogen and oxygen atoms in total. The van der Waals surface area contributed by atoms with E-state index in [0.717, 1.165) is 32.7 Å². The van der Waals surface area contributed by atoms with Crippen LogP contribution in [0.3, 0.4) is 0 Å². The Kier molecular flexibility index (Phi) is 5.65. The molecule has 0 saturated carbocycles. The molecule has 164 valence electrons. The van der Waals surface area contributed by atoms with Crippen LogP contribution in [0.15, 0.2) is 91.0 Å². The van der Waals surface area contributed by atoms with Crippen molar-refractivity contribution >= 4 is 46.9 Å². The monoisotopic (exact) mass is 460 g/mol. The molecule has 0 aliphatic carbocycles. The SMILES string of the molecule is Cc1ccc2ccccc2c1C(=O)c1cccc(P=O)c1C(=O)c1c(C)ccc2ccccc12. The molecule has 34 heavy (non-hydrogen) atoms. The van der Waals surface area contributed by atoms with E-state index in [4.69, 9.17) is 0 Å². The lowest BCUT2D eigenvalue weighted by Gasteiger charge is -2.15. The Balaban J connectivity index is 1.78. The van der Waals surface area contributed by atoms with Gasteiger partial charge in [0.2, 0.25) is 0 Å². The molecule has 0 fully saturated rings. The highest BCUT2D eigenvalue weighted by Gasteiger charge is 2.27. The first-order valence-corrected chi connectivity index (χ1v) is 11.8. The lowest BCUT2D eigenvalue weighted by molar-refractivity contribution is 0.100. The van der Waals surface area contributed by atoms with E-state index in [1.165, 1.54) is 0 Å². The summed E-state index contributed by atoms with van der Waals surface area (Å²) in [7, 11) is -0.308. The molecule has 0 bridgehead atoms.